The molecule has 0 N–H and O–H groups in total. The van der Waals surface area contributed by atoms with Crippen LogP contribution < -0.4 is 0 Å². The van der Waals surface area contributed by atoms with Crippen LogP contribution in [-0.4, -0.2) is 15.0 Å². The lowest BCUT2D eigenvalue weighted by Gasteiger charge is -2.14. The summed E-state index contributed by atoms with van der Waals surface area (Å²) in [4.78, 5) is 15.3. The van der Waals surface area contributed by atoms with Gasteiger partial charge in [-0.1, -0.05) is 164 Å². The van der Waals surface area contributed by atoms with E-state index < -0.39 is 0 Å². The molecule has 0 saturated carbocycles. The molecule has 4 heteroatoms. The Balaban J connectivity index is 1.20. The van der Waals surface area contributed by atoms with Crippen LogP contribution in [0.5, 0.6) is 0 Å². The zero-order valence-corrected chi connectivity index (χ0v) is 28.6. The van der Waals surface area contributed by atoms with Crippen molar-refractivity contribution in [3.05, 3.63) is 182 Å². The van der Waals surface area contributed by atoms with Crippen LogP contribution in [-0.2, 0) is 0 Å². The van der Waals surface area contributed by atoms with Gasteiger partial charge in [0.2, 0.25) is 0 Å². The minimum atomic E-state index is 0.624. The average molecular weight is 668 g/mol. The van der Waals surface area contributed by atoms with Crippen LogP contribution in [0.4, 0.5) is 0 Å². The fraction of sp³-hybridized carbons (Fsp3) is 0.0208. The number of para-hydroxylation sites is 1. The molecule has 0 radical (unpaired) electrons. The molecule has 0 unspecified atom stereocenters. The van der Waals surface area contributed by atoms with Crippen molar-refractivity contribution >= 4 is 38.8 Å². The SMILES string of the molecule is C/C=C\C=C/c1ccc(-c2nc(-c3ccc(-c4ccccc4)cc3)nc(-c3ccc(-c4cccc5oc6ccccc6c45)c4ccccc34)n2)cc1. The molecular formula is C48H33N3O. The Kier molecular flexibility index (Phi) is 8.03. The summed E-state index contributed by atoms with van der Waals surface area (Å²) in [6, 6.07) is 54.6. The molecule has 0 saturated heterocycles. The van der Waals surface area contributed by atoms with Crippen molar-refractivity contribution in [3.8, 4) is 56.4 Å². The van der Waals surface area contributed by atoms with Gasteiger partial charge in [-0.3, -0.25) is 0 Å². The van der Waals surface area contributed by atoms with E-state index in [9.17, 15) is 0 Å². The first-order chi connectivity index (χ1) is 25.7. The molecule has 246 valence electrons. The predicted octanol–water partition coefficient (Wildman–Crippen LogP) is 12.8. The van der Waals surface area contributed by atoms with E-state index in [0.29, 0.717) is 17.5 Å². The topological polar surface area (TPSA) is 51.8 Å². The summed E-state index contributed by atoms with van der Waals surface area (Å²) in [5, 5.41) is 4.40. The van der Waals surface area contributed by atoms with Gasteiger partial charge in [-0.2, -0.15) is 0 Å². The van der Waals surface area contributed by atoms with E-state index in [0.717, 1.165) is 71.7 Å². The zero-order valence-electron chi connectivity index (χ0n) is 28.6. The van der Waals surface area contributed by atoms with Crippen LogP contribution >= 0.6 is 0 Å². The van der Waals surface area contributed by atoms with Crippen LogP contribution in [0.15, 0.2) is 180 Å². The molecule has 2 aromatic heterocycles. The van der Waals surface area contributed by atoms with E-state index in [1.165, 1.54) is 5.56 Å². The van der Waals surface area contributed by atoms with Crippen molar-refractivity contribution in [2.45, 2.75) is 6.92 Å². The molecule has 9 aromatic rings. The third kappa shape index (κ3) is 5.76. The molecule has 52 heavy (non-hydrogen) atoms. The standard InChI is InChI=1S/C48H33N3O/c1-2-3-5-13-32-22-24-35(25-23-32)46-49-47(36-28-26-34(27-29-36)33-14-6-4-7-15-33)51-48(50-46)41-31-30-39(37-16-8-9-17-38(37)41)40-19-12-21-44-45(40)42-18-10-11-20-43(42)52-44/h2-31H,1H3/b3-2-,13-5-. The fourth-order valence-corrected chi connectivity index (χ4v) is 6.95. The Morgan fingerprint density at radius 3 is 1.69 bits per heavy atom. The van der Waals surface area contributed by atoms with Gasteiger partial charge in [-0.05, 0) is 63.7 Å². The highest BCUT2D eigenvalue weighted by Gasteiger charge is 2.18. The van der Waals surface area contributed by atoms with Crippen LogP contribution in [0.3, 0.4) is 0 Å². The number of nitrogens with zero attached hydrogens (tertiary/aromatic N) is 3. The lowest BCUT2D eigenvalue weighted by Crippen LogP contribution is -2.01. The number of rotatable bonds is 7. The van der Waals surface area contributed by atoms with Gasteiger partial charge in [0.05, 0.1) is 0 Å². The number of benzene rings is 7. The van der Waals surface area contributed by atoms with Crippen molar-refractivity contribution in [1.82, 2.24) is 15.0 Å². The monoisotopic (exact) mass is 667 g/mol. The fourth-order valence-electron chi connectivity index (χ4n) is 6.95. The summed E-state index contributed by atoms with van der Waals surface area (Å²) in [6.45, 7) is 2.01. The molecule has 0 aliphatic rings. The molecule has 0 aliphatic heterocycles. The first-order valence-electron chi connectivity index (χ1n) is 17.5. The Labute approximate surface area is 302 Å². The van der Waals surface area contributed by atoms with Gasteiger partial charge in [0.15, 0.2) is 17.5 Å². The van der Waals surface area contributed by atoms with Crippen LogP contribution in [0.25, 0.3) is 95.2 Å². The summed E-state index contributed by atoms with van der Waals surface area (Å²) in [6.07, 6.45) is 8.16. The second kappa shape index (κ2) is 13.4. The number of furan rings is 1. The number of hydrogen-bond acceptors (Lipinski definition) is 4. The van der Waals surface area contributed by atoms with Crippen molar-refractivity contribution in [1.29, 1.82) is 0 Å². The molecule has 0 amide bonds. The highest BCUT2D eigenvalue weighted by atomic mass is 16.3. The summed E-state index contributed by atoms with van der Waals surface area (Å²) in [7, 11) is 0. The van der Waals surface area contributed by atoms with Gasteiger partial charge in [0.1, 0.15) is 11.2 Å². The van der Waals surface area contributed by atoms with Crippen molar-refractivity contribution in [2.75, 3.05) is 0 Å². The van der Waals surface area contributed by atoms with Gasteiger partial charge >= 0.3 is 0 Å². The van der Waals surface area contributed by atoms with E-state index in [2.05, 4.69) is 140 Å². The largest absolute Gasteiger partial charge is 0.456 e. The minimum absolute atomic E-state index is 0.624. The van der Waals surface area contributed by atoms with Crippen LogP contribution in [0, 0.1) is 0 Å². The number of aromatic nitrogens is 3. The minimum Gasteiger partial charge on any atom is -0.456 e. The van der Waals surface area contributed by atoms with Crippen LogP contribution in [0.2, 0.25) is 0 Å². The van der Waals surface area contributed by atoms with Gasteiger partial charge in [0.25, 0.3) is 0 Å². The first-order valence-corrected chi connectivity index (χ1v) is 17.5. The zero-order chi connectivity index (χ0) is 34.9. The lowest BCUT2D eigenvalue weighted by molar-refractivity contribution is 0.669. The molecule has 0 atom stereocenters. The summed E-state index contributed by atoms with van der Waals surface area (Å²) < 4.78 is 6.26. The Morgan fingerprint density at radius 1 is 0.404 bits per heavy atom. The predicted molar refractivity (Wildman–Crippen MR) is 216 cm³/mol. The smallest absolute Gasteiger partial charge is 0.164 e. The van der Waals surface area contributed by atoms with Gasteiger partial charge in [-0.25, -0.2) is 15.0 Å². The lowest BCUT2D eigenvalue weighted by atomic mass is 9.92. The van der Waals surface area contributed by atoms with E-state index >= 15 is 0 Å². The number of fused-ring (bicyclic) bond motifs is 4. The third-order valence-corrected chi connectivity index (χ3v) is 9.50. The third-order valence-electron chi connectivity index (χ3n) is 9.50. The molecule has 7 aromatic carbocycles. The van der Waals surface area contributed by atoms with E-state index in [1.807, 2.05) is 49.4 Å². The molecular weight excluding hydrogens is 635 g/mol. The molecule has 0 fully saturated rings. The summed E-state index contributed by atoms with van der Waals surface area (Å²) in [5.74, 6) is 1.87. The quantitative estimate of drug-likeness (QED) is 0.159. The summed E-state index contributed by atoms with van der Waals surface area (Å²) in [5.41, 5.74) is 10.2. The van der Waals surface area contributed by atoms with E-state index in [-0.39, 0.29) is 0 Å². The highest BCUT2D eigenvalue weighted by Crippen LogP contribution is 2.41. The maximum Gasteiger partial charge on any atom is 0.164 e. The summed E-state index contributed by atoms with van der Waals surface area (Å²) >= 11 is 0. The second-order valence-electron chi connectivity index (χ2n) is 12.7. The molecule has 0 bridgehead atoms. The van der Waals surface area contributed by atoms with Gasteiger partial charge < -0.3 is 4.42 Å². The number of hydrogen-bond donors (Lipinski definition) is 0. The maximum atomic E-state index is 6.26. The second-order valence-corrected chi connectivity index (χ2v) is 12.7. The maximum absolute atomic E-state index is 6.26. The molecule has 0 aliphatic carbocycles. The molecule has 0 spiro atoms. The Hall–Kier alpha value is -6.91. The first kappa shape index (κ1) is 31.1. The van der Waals surface area contributed by atoms with E-state index in [1.54, 1.807) is 0 Å². The average Bonchev–Trinajstić information content (AvgIpc) is 3.60. The van der Waals surface area contributed by atoms with Crippen molar-refractivity contribution in [2.24, 2.45) is 0 Å². The van der Waals surface area contributed by atoms with Crippen LogP contribution in [0.1, 0.15) is 12.5 Å². The Bertz CT molecular complexity index is 2780. The van der Waals surface area contributed by atoms with E-state index in [4.69, 9.17) is 19.4 Å². The molecule has 4 nitrogen and oxygen atoms in total. The molecule has 9 rings (SSSR count). The number of allylic oxidation sites excluding steroid dienone is 3. The molecule has 2 heterocycles. The van der Waals surface area contributed by atoms with Crippen molar-refractivity contribution in [3.63, 3.8) is 0 Å². The Morgan fingerprint density at radius 2 is 0.962 bits per heavy atom. The van der Waals surface area contributed by atoms with Gasteiger partial charge in [0, 0.05) is 27.5 Å². The van der Waals surface area contributed by atoms with Crippen molar-refractivity contribution < 1.29 is 4.42 Å². The highest BCUT2D eigenvalue weighted by molar-refractivity contribution is 6.16. The van der Waals surface area contributed by atoms with Gasteiger partial charge in [-0.15, -0.1) is 0 Å². The normalized spacial score (nSPS) is 11.8.